The smallest absolute Gasteiger partial charge is 0.325 e. The lowest BCUT2D eigenvalue weighted by Gasteiger charge is -2.22. The molecule has 0 radical (unpaired) electrons. The summed E-state index contributed by atoms with van der Waals surface area (Å²) >= 11 is 0. The van der Waals surface area contributed by atoms with Crippen molar-refractivity contribution >= 4 is 17.7 Å². The van der Waals surface area contributed by atoms with Crippen LogP contribution in [0, 0.1) is 0 Å². The van der Waals surface area contributed by atoms with Crippen molar-refractivity contribution in [2.75, 3.05) is 13.2 Å². The molecule has 0 unspecified atom stereocenters. The fourth-order valence-electron chi connectivity index (χ4n) is 2.84. The summed E-state index contributed by atoms with van der Waals surface area (Å²) in [4.78, 5) is 36.8. The number of hydrogen-bond donors (Lipinski definition) is 2. The zero-order valence-corrected chi connectivity index (χ0v) is 14.7. The average molecular weight is 348 g/mol. The standard InChI is InChI=1S/C18H24N2O5/c1-4-8-18(3)16(23)20(17(24)19-18)10-14(22)11-25-15-7-5-6-13(9-15)12(2)21/h5-7,9,14,22H,4,8,10-11H2,1-3H3,(H,19,24)/t14-,18-/m0/s1. The third kappa shape index (κ3) is 4.36. The Labute approximate surface area is 147 Å². The number of aliphatic hydroxyl groups is 1. The molecular weight excluding hydrogens is 324 g/mol. The molecule has 25 heavy (non-hydrogen) atoms. The maximum Gasteiger partial charge on any atom is 0.325 e. The molecule has 2 rings (SSSR count). The van der Waals surface area contributed by atoms with Crippen LogP contribution in [0.25, 0.3) is 0 Å². The molecule has 0 bridgehead atoms. The quantitative estimate of drug-likeness (QED) is 0.551. The van der Waals surface area contributed by atoms with E-state index in [1.807, 2.05) is 6.92 Å². The highest BCUT2D eigenvalue weighted by atomic mass is 16.5. The van der Waals surface area contributed by atoms with E-state index in [-0.39, 0.29) is 24.8 Å². The number of nitrogens with zero attached hydrogens (tertiary/aromatic N) is 1. The molecule has 1 aliphatic rings. The molecule has 1 aliphatic heterocycles. The van der Waals surface area contributed by atoms with Gasteiger partial charge in [-0.25, -0.2) is 4.79 Å². The van der Waals surface area contributed by atoms with Crippen molar-refractivity contribution in [1.82, 2.24) is 10.2 Å². The molecule has 1 heterocycles. The van der Waals surface area contributed by atoms with Crippen LogP contribution in [0.3, 0.4) is 0 Å². The van der Waals surface area contributed by atoms with Gasteiger partial charge in [-0.05, 0) is 32.4 Å². The van der Waals surface area contributed by atoms with Gasteiger partial charge < -0.3 is 15.2 Å². The first-order chi connectivity index (χ1) is 11.8. The summed E-state index contributed by atoms with van der Waals surface area (Å²) in [5.41, 5.74) is -0.404. The minimum absolute atomic E-state index is 0.0828. The fourth-order valence-corrected chi connectivity index (χ4v) is 2.84. The number of urea groups is 1. The predicted octanol–water partition coefficient (Wildman–Crippen LogP) is 1.74. The van der Waals surface area contributed by atoms with Gasteiger partial charge in [0.25, 0.3) is 5.91 Å². The maximum atomic E-state index is 12.4. The summed E-state index contributed by atoms with van der Waals surface area (Å²) < 4.78 is 5.47. The molecule has 1 aromatic rings. The number of amides is 3. The zero-order valence-electron chi connectivity index (χ0n) is 14.7. The van der Waals surface area contributed by atoms with Gasteiger partial charge in [-0.2, -0.15) is 0 Å². The molecule has 0 aliphatic carbocycles. The topological polar surface area (TPSA) is 95.9 Å². The number of carbonyl (C=O) groups is 3. The van der Waals surface area contributed by atoms with Crippen LogP contribution < -0.4 is 10.1 Å². The Morgan fingerprint density at radius 1 is 1.40 bits per heavy atom. The zero-order chi connectivity index (χ0) is 18.6. The monoisotopic (exact) mass is 348 g/mol. The van der Waals surface area contributed by atoms with E-state index in [2.05, 4.69) is 5.32 Å². The number of imide groups is 1. The van der Waals surface area contributed by atoms with E-state index < -0.39 is 17.7 Å². The predicted molar refractivity (Wildman–Crippen MR) is 91.5 cm³/mol. The normalized spacial score (nSPS) is 21.2. The molecular formula is C18H24N2O5. The Balaban J connectivity index is 1.93. The summed E-state index contributed by atoms with van der Waals surface area (Å²) in [5, 5.41) is 12.8. The molecule has 3 amide bonds. The van der Waals surface area contributed by atoms with Crippen LogP contribution in [0.4, 0.5) is 4.79 Å². The third-order valence-corrected chi connectivity index (χ3v) is 4.17. The van der Waals surface area contributed by atoms with Crippen molar-refractivity contribution in [3.05, 3.63) is 29.8 Å². The molecule has 2 atom stereocenters. The van der Waals surface area contributed by atoms with Crippen molar-refractivity contribution < 1.29 is 24.2 Å². The highest BCUT2D eigenvalue weighted by Crippen LogP contribution is 2.23. The number of aliphatic hydroxyl groups excluding tert-OH is 1. The van der Waals surface area contributed by atoms with Crippen LogP contribution in [0.5, 0.6) is 5.75 Å². The maximum absolute atomic E-state index is 12.4. The van der Waals surface area contributed by atoms with Crippen molar-refractivity contribution in [2.24, 2.45) is 0 Å². The van der Waals surface area contributed by atoms with E-state index in [1.165, 1.54) is 6.92 Å². The Hall–Kier alpha value is -2.41. The SMILES string of the molecule is CCC[C@]1(C)NC(=O)N(C[C@H](O)COc2cccc(C(C)=O)c2)C1=O. The molecule has 7 heteroatoms. The van der Waals surface area contributed by atoms with Gasteiger partial charge in [0, 0.05) is 5.56 Å². The van der Waals surface area contributed by atoms with Crippen LogP contribution >= 0.6 is 0 Å². The van der Waals surface area contributed by atoms with Gasteiger partial charge in [-0.1, -0.05) is 25.5 Å². The van der Waals surface area contributed by atoms with Crippen molar-refractivity contribution in [1.29, 1.82) is 0 Å². The van der Waals surface area contributed by atoms with E-state index in [0.717, 1.165) is 11.3 Å². The summed E-state index contributed by atoms with van der Waals surface area (Å²) in [6.07, 6.45) is 0.271. The van der Waals surface area contributed by atoms with Gasteiger partial charge in [-0.3, -0.25) is 14.5 Å². The first-order valence-corrected chi connectivity index (χ1v) is 8.33. The van der Waals surface area contributed by atoms with Crippen molar-refractivity contribution in [2.45, 2.75) is 45.3 Å². The number of rotatable bonds is 8. The van der Waals surface area contributed by atoms with Crippen LogP contribution in [-0.2, 0) is 4.79 Å². The average Bonchev–Trinajstić information content (AvgIpc) is 2.77. The highest BCUT2D eigenvalue weighted by molar-refractivity contribution is 6.06. The van der Waals surface area contributed by atoms with E-state index in [9.17, 15) is 19.5 Å². The van der Waals surface area contributed by atoms with Gasteiger partial charge in [0.05, 0.1) is 6.54 Å². The van der Waals surface area contributed by atoms with Crippen LogP contribution in [-0.4, -0.2) is 52.5 Å². The van der Waals surface area contributed by atoms with E-state index in [0.29, 0.717) is 17.7 Å². The first kappa shape index (κ1) is 18.9. The first-order valence-electron chi connectivity index (χ1n) is 8.33. The number of ketones is 1. The Bertz CT molecular complexity index is 675. The van der Waals surface area contributed by atoms with Crippen molar-refractivity contribution in [3.8, 4) is 5.75 Å². The third-order valence-electron chi connectivity index (χ3n) is 4.17. The molecule has 0 saturated carbocycles. The van der Waals surface area contributed by atoms with Crippen molar-refractivity contribution in [3.63, 3.8) is 0 Å². The lowest BCUT2D eigenvalue weighted by Crippen LogP contribution is -2.44. The number of carbonyl (C=O) groups excluding carboxylic acids is 3. The molecule has 1 saturated heterocycles. The second-order valence-electron chi connectivity index (χ2n) is 6.48. The summed E-state index contributed by atoms with van der Waals surface area (Å²) in [5.74, 6) is 0.0253. The Morgan fingerprint density at radius 3 is 2.76 bits per heavy atom. The van der Waals surface area contributed by atoms with Gasteiger partial charge >= 0.3 is 6.03 Å². The largest absolute Gasteiger partial charge is 0.491 e. The van der Waals surface area contributed by atoms with Gasteiger partial charge in [0.2, 0.25) is 0 Å². The number of benzene rings is 1. The van der Waals surface area contributed by atoms with Gasteiger partial charge in [0.15, 0.2) is 5.78 Å². The molecule has 2 N–H and O–H groups in total. The Kier molecular flexibility index (Phi) is 5.79. The van der Waals surface area contributed by atoms with Gasteiger partial charge in [-0.15, -0.1) is 0 Å². The van der Waals surface area contributed by atoms with E-state index in [4.69, 9.17) is 4.74 Å². The highest BCUT2D eigenvalue weighted by Gasteiger charge is 2.47. The van der Waals surface area contributed by atoms with E-state index in [1.54, 1.807) is 31.2 Å². The lowest BCUT2D eigenvalue weighted by molar-refractivity contribution is -0.132. The minimum atomic E-state index is -1.03. The molecule has 7 nitrogen and oxygen atoms in total. The Morgan fingerprint density at radius 2 is 2.12 bits per heavy atom. The summed E-state index contributed by atoms with van der Waals surface area (Å²) in [6.45, 7) is 4.84. The summed E-state index contributed by atoms with van der Waals surface area (Å²) in [7, 11) is 0. The number of ether oxygens (including phenoxy) is 1. The second-order valence-corrected chi connectivity index (χ2v) is 6.48. The lowest BCUT2D eigenvalue weighted by atomic mass is 9.96. The number of nitrogens with one attached hydrogen (secondary N) is 1. The molecule has 0 aromatic heterocycles. The van der Waals surface area contributed by atoms with Crippen LogP contribution in [0.2, 0.25) is 0 Å². The second kappa shape index (κ2) is 7.65. The number of hydrogen-bond acceptors (Lipinski definition) is 5. The fraction of sp³-hybridized carbons (Fsp3) is 0.500. The van der Waals surface area contributed by atoms with Gasteiger partial charge in [0.1, 0.15) is 24.0 Å². The van der Waals surface area contributed by atoms with E-state index >= 15 is 0 Å². The van der Waals surface area contributed by atoms with Crippen LogP contribution in [0.15, 0.2) is 24.3 Å². The molecule has 0 spiro atoms. The summed E-state index contributed by atoms with van der Waals surface area (Å²) in [6, 6.07) is 6.12. The minimum Gasteiger partial charge on any atom is -0.491 e. The van der Waals surface area contributed by atoms with Crippen LogP contribution in [0.1, 0.15) is 44.0 Å². The molecule has 136 valence electrons. The number of β-amino-alcohol motifs (C(OH)–C–C–N with tert-alkyl or cyclic N) is 1. The molecule has 1 aromatic carbocycles. The number of Topliss-reactive ketones (excluding diaryl/α,β-unsaturated/α-hetero) is 1. The molecule has 1 fully saturated rings.